The van der Waals surface area contributed by atoms with Gasteiger partial charge >= 0.3 is 0 Å². The van der Waals surface area contributed by atoms with E-state index in [0.717, 1.165) is 12.0 Å². The van der Waals surface area contributed by atoms with E-state index in [9.17, 15) is 4.79 Å². The zero-order chi connectivity index (χ0) is 12.8. The molecule has 2 nitrogen and oxygen atoms in total. The van der Waals surface area contributed by atoms with E-state index in [4.69, 9.17) is 28.9 Å². The first kappa shape index (κ1) is 14.5. The first-order valence-electron chi connectivity index (χ1n) is 5.73. The van der Waals surface area contributed by atoms with E-state index >= 15 is 0 Å². The zero-order valence-corrected chi connectivity index (χ0v) is 11.4. The van der Waals surface area contributed by atoms with Crippen molar-refractivity contribution in [2.45, 2.75) is 26.2 Å². The van der Waals surface area contributed by atoms with Crippen LogP contribution in [0.4, 0.5) is 0 Å². The highest BCUT2D eigenvalue weighted by Crippen LogP contribution is 2.26. The number of hydrogen-bond acceptors (Lipinski definition) is 2. The Balaban J connectivity index is 2.65. The van der Waals surface area contributed by atoms with E-state index in [1.54, 1.807) is 12.1 Å². The molecule has 0 saturated heterocycles. The molecular formula is C13H17Cl2NO. The van der Waals surface area contributed by atoms with Crippen molar-refractivity contribution >= 4 is 29.0 Å². The number of carbonyl (C=O) groups excluding carboxylic acids is 1. The van der Waals surface area contributed by atoms with Gasteiger partial charge in [-0.3, -0.25) is 4.79 Å². The summed E-state index contributed by atoms with van der Waals surface area (Å²) < 4.78 is 0. The lowest BCUT2D eigenvalue weighted by Crippen LogP contribution is -2.18. The summed E-state index contributed by atoms with van der Waals surface area (Å²) in [4.78, 5) is 11.8. The predicted octanol–water partition coefficient (Wildman–Crippen LogP) is 3.48. The summed E-state index contributed by atoms with van der Waals surface area (Å²) in [5.74, 6) is 0.423. The molecule has 0 fully saturated rings. The Morgan fingerprint density at radius 2 is 2.12 bits per heavy atom. The minimum atomic E-state index is 0.159. The summed E-state index contributed by atoms with van der Waals surface area (Å²) in [5, 5.41) is 0.964. The molecule has 0 aliphatic rings. The van der Waals surface area contributed by atoms with E-state index in [1.165, 1.54) is 0 Å². The molecule has 1 unspecified atom stereocenters. The average molecular weight is 274 g/mol. The maximum absolute atomic E-state index is 11.8. The summed E-state index contributed by atoms with van der Waals surface area (Å²) >= 11 is 11.9. The van der Waals surface area contributed by atoms with Gasteiger partial charge in [-0.25, -0.2) is 0 Å². The average Bonchev–Trinajstić information content (AvgIpc) is 2.32. The topological polar surface area (TPSA) is 43.1 Å². The molecule has 2 N–H and O–H groups in total. The molecule has 17 heavy (non-hydrogen) atoms. The Hall–Kier alpha value is -0.570. The Morgan fingerprint density at radius 3 is 2.71 bits per heavy atom. The van der Waals surface area contributed by atoms with E-state index < -0.39 is 0 Å². The molecule has 0 bridgehead atoms. The lowest BCUT2D eigenvalue weighted by Gasteiger charge is -2.11. The molecular weight excluding hydrogens is 257 g/mol. The molecule has 0 aliphatic heterocycles. The Morgan fingerprint density at radius 1 is 1.41 bits per heavy atom. The number of carbonyl (C=O) groups is 1. The molecule has 1 atom stereocenters. The number of Topliss-reactive ketones (excluding diaryl/α,β-unsaturated/α-hetero) is 1. The summed E-state index contributed by atoms with van der Waals surface area (Å²) in [5.41, 5.74) is 6.37. The fourth-order valence-corrected chi connectivity index (χ4v) is 2.07. The Labute approximate surface area is 112 Å². The fourth-order valence-electron chi connectivity index (χ4n) is 1.69. The summed E-state index contributed by atoms with van der Waals surface area (Å²) in [6.45, 7) is 2.59. The third-order valence-electron chi connectivity index (χ3n) is 2.85. The van der Waals surface area contributed by atoms with Crippen molar-refractivity contribution < 1.29 is 4.79 Å². The summed E-state index contributed by atoms with van der Waals surface area (Å²) in [6, 6.07) is 5.35. The number of halogens is 2. The van der Waals surface area contributed by atoms with Crippen LogP contribution in [0.25, 0.3) is 0 Å². The standard InChI is InChI=1S/C13H17Cl2NO/c1-2-9(8-16)6-11(17)7-10-4-3-5-12(14)13(10)15/h3-5,9H,2,6-8,16H2,1H3. The van der Waals surface area contributed by atoms with Crippen molar-refractivity contribution in [1.82, 2.24) is 0 Å². The first-order valence-corrected chi connectivity index (χ1v) is 6.48. The van der Waals surface area contributed by atoms with Crippen LogP contribution in [0, 0.1) is 5.92 Å². The molecule has 1 rings (SSSR count). The van der Waals surface area contributed by atoms with E-state index in [-0.39, 0.29) is 11.7 Å². The van der Waals surface area contributed by atoms with Crippen molar-refractivity contribution in [1.29, 1.82) is 0 Å². The van der Waals surface area contributed by atoms with Crippen LogP contribution in [0.15, 0.2) is 18.2 Å². The molecule has 0 radical (unpaired) electrons. The Kier molecular flexibility index (Phi) is 5.96. The molecule has 1 aromatic carbocycles. The number of ketones is 1. The molecule has 0 aliphatic carbocycles. The number of rotatable bonds is 6. The second-order valence-corrected chi connectivity index (χ2v) is 4.93. The van der Waals surface area contributed by atoms with Crippen molar-refractivity contribution in [3.05, 3.63) is 33.8 Å². The zero-order valence-electron chi connectivity index (χ0n) is 9.88. The van der Waals surface area contributed by atoms with Crippen LogP contribution in [-0.2, 0) is 11.2 Å². The highest BCUT2D eigenvalue weighted by atomic mass is 35.5. The largest absolute Gasteiger partial charge is 0.330 e. The van der Waals surface area contributed by atoms with Crippen LogP contribution < -0.4 is 5.73 Å². The van der Waals surface area contributed by atoms with Crippen molar-refractivity contribution in [3.63, 3.8) is 0 Å². The minimum Gasteiger partial charge on any atom is -0.330 e. The minimum absolute atomic E-state index is 0.159. The van der Waals surface area contributed by atoms with Crippen molar-refractivity contribution in [2.24, 2.45) is 11.7 Å². The highest BCUT2D eigenvalue weighted by molar-refractivity contribution is 6.42. The van der Waals surface area contributed by atoms with Crippen molar-refractivity contribution in [2.75, 3.05) is 6.54 Å². The van der Waals surface area contributed by atoms with Crippen LogP contribution in [-0.4, -0.2) is 12.3 Å². The lowest BCUT2D eigenvalue weighted by atomic mass is 9.96. The molecule has 0 heterocycles. The summed E-state index contributed by atoms with van der Waals surface area (Å²) in [6.07, 6.45) is 1.76. The highest BCUT2D eigenvalue weighted by Gasteiger charge is 2.13. The van der Waals surface area contributed by atoms with Gasteiger partial charge in [0.1, 0.15) is 5.78 Å². The van der Waals surface area contributed by atoms with Gasteiger partial charge in [-0.05, 0) is 24.1 Å². The molecule has 0 aromatic heterocycles. The number of nitrogens with two attached hydrogens (primary N) is 1. The maximum atomic E-state index is 11.8. The monoisotopic (exact) mass is 273 g/mol. The fraction of sp³-hybridized carbons (Fsp3) is 0.462. The normalized spacial score (nSPS) is 12.5. The second-order valence-electron chi connectivity index (χ2n) is 4.14. The van der Waals surface area contributed by atoms with Gasteiger partial charge in [-0.15, -0.1) is 0 Å². The molecule has 0 spiro atoms. The molecule has 0 amide bonds. The van der Waals surface area contributed by atoms with E-state index in [0.29, 0.717) is 29.4 Å². The van der Waals surface area contributed by atoms with Gasteiger partial charge in [0.2, 0.25) is 0 Å². The number of hydrogen-bond donors (Lipinski definition) is 1. The smallest absolute Gasteiger partial charge is 0.137 e. The van der Waals surface area contributed by atoms with E-state index in [2.05, 4.69) is 0 Å². The van der Waals surface area contributed by atoms with Gasteiger partial charge in [0, 0.05) is 12.8 Å². The quantitative estimate of drug-likeness (QED) is 0.863. The molecule has 94 valence electrons. The van der Waals surface area contributed by atoms with Crippen molar-refractivity contribution in [3.8, 4) is 0 Å². The van der Waals surface area contributed by atoms with Gasteiger partial charge in [0.05, 0.1) is 10.0 Å². The van der Waals surface area contributed by atoms with Crippen LogP contribution in [0.1, 0.15) is 25.3 Å². The van der Waals surface area contributed by atoms with Crippen LogP contribution in [0.3, 0.4) is 0 Å². The van der Waals surface area contributed by atoms with Gasteiger partial charge in [-0.1, -0.05) is 48.7 Å². The third kappa shape index (κ3) is 4.30. The SMILES string of the molecule is CCC(CN)CC(=O)Cc1cccc(Cl)c1Cl. The summed E-state index contributed by atoms with van der Waals surface area (Å²) in [7, 11) is 0. The van der Waals surface area contributed by atoms with Gasteiger partial charge in [0.25, 0.3) is 0 Å². The molecule has 1 aromatic rings. The van der Waals surface area contributed by atoms with Crippen LogP contribution in [0.5, 0.6) is 0 Å². The lowest BCUT2D eigenvalue weighted by molar-refractivity contribution is -0.119. The van der Waals surface area contributed by atoms with Gasteiger partial charge < -0.3 is 5.73 Å². The maximum Gasteiger partial charge on any atom is 0.137 e. The van der Waals surface area contributed by atoms with E-state index in [1.807, 2.05) is 13.0 Å². The predicted molar refractivity (Wildman–Crippen MR) is 72.6 cm³/mol. The van der Waals surface area contributed by atoms with Gasteiger partial charge in [0.15, 0.2) is 0 Å². The Bertz CT molecular complexity index is 389. The number of benzene rings is 1. The molecule has 4 heteroatoms. The first-order chi connectivity index (χ1) is 8.08. The van der Waals surface area contributed by atoms with Crippen LogP contribution in [0.2, 0.25) is 10.0 Å². The molecule has 0 saturated carbocycles. The second kappa shape index (κ2) is 7.00. The van der Waals surface area contributed by atoms with Crippen LogP contribution >= 0.6 is 23.2 Å². The third-order valence-corrected chi connectivity index (χ3v) is 3.70. The van der Waals surface area contributed by atoms with Gasteiger partial charge in [-0.2, -0.15) is 0 Å².